The van der Waals surface area contributed by atoms with Gasteiger partial charge >= 0.3 is 11.9 Å². The number of hydrogen-bond donors (Lipinski definition) is 0. The van der Waals surface area contributed by atoms with Gasteiger partial charge in [0.15, 0.2) is 0 Å². The monoisotopic (exact) mass is 416 g/mol. The summed E-state index contributed by atoms with van der Waals surface area (Å²) in [5, 5.41) is 0. The molecule has 2 aromatic carbocycles. The second-order valence-corrected chi connectivity index (χ2v) is 7.32. The fourth-order valence-electron chi connectivity index (χ4n) is 3.62. The molecule has 1 aliphatic carbocycles. The number of hydrogen-bond acceptors (Lipinski definition) is 4. The van der Waals surface area contributed by atoms with Crippen molar-refractivity contribution in [2.45, 2.75) is 32.1 Å². The number of carbonyl (C=O) groups excluding carboxylic acids is 2. The average molecular weight is 417 g/mol. The summed E-state index contributed by atoms with van der Waals surface area (Å²) >= 11 is 3.43. The number of fused-ring (bicyclic) bond motifs is 1. The topological polar surface area (TPSA) is 52.6 Å². The van der Waals surface area contributed by atoms with Crippen LogP contribution in [0.5, 0.6) is 0 Å². The molecule has 136 valence electrons. The van der Waals surface area contributed by atoms with E-state index in [9.17, 15) is 9.59 Å². The van der Waals surface area contributed by atoms with Crippen LogP contribution in [0.1, 0.15) is 55.8 Å². The third-order valence-corrected chi connectivity index (χ3v) is 5.37. The molecule has 0 saturated carbocycles. The van der Waals surface area contributed by atoms with E-state index in [0.717, 1.165) is 52.4 Å². The SMILES string of the molecule is COC(=O)c1cc(Cc2ccc(Br)cc2)c(C(=O)OC)c2c1CCCC2. The van der Waals surface area contributed by atoms with Gasteiger partial charge in [-0.1, -0.05) is 28.1 Å². The highest BCUT2D eigenvalue weighted by Crippen LogP contribution is 2.32. The van der Waals surface area contributed by atoms with Crippen molar-refractivity contribution in [1.82, 2.24) is 0 Å². The highest BCUT2D eigenvalue weighted by Gasteiger charge is 2.27. The van der Waals surface area contributed by atoms with E-state index >= 15 is 0 Å². The Morgan fingerprint density at radius 1 is 0.962 bits per heavy atom. The quantitative estimate of drug-likeness (QED) is 0.688. The molecule has 0 N–H and O–H groups in total. The maximum absolute atomic E-state index is 12.6. The van der Waals surface area contributed by atoms with Gasteiger partial charge in [-0.15, -0.1) is 0 Å². The van der Waals surface area contributed by atoms with Crippen molar-refractivity contribution in [1.29, 1.82) is 0 Å². The molecule has 0 aromatic heterocycles. The molecule has 2 aromatic rings. The molecule has 0 saturated heterocycles. The first-order chi connectivity index (χ1) is 12.5. The molecule has 0 fully saturated rings. The van der Waals surface area contributed by atoms with E-state index in [1.807, 2.05) is 30.3 Å². The van der Waals surface area contributed by atoms with Gasteiger partial charge in [-0.25, -0.2) is 9.59 Å². The molecule has 0 amide bonds. The average Bonchev–Trinajstić information content (AvgIpc) is 2.67. The summed E-state index contributed by atoms with van der Waals surface area (Å²) in [5.74, 6) is -0.691. The Balaban J connectivity index is 2.18. The molecule has 0 aliphatic heterocycles. The fourth-order valence-corrected chi connectivity index (χ4v) is 3.88. The minimum atomic E-state index is -0.350. The summed E-state index contributed by atoms with van der Waals surface area (Å²) < 4.78 is 11.0. The number of benzene rings is 2. The van der Waals surface area contributed by atoms with E-state index in [2.05, 4.69) is 15.9 Å². The molecule has 0 unspecified atom stereocenters. The van der Waals surface area contributed by atoms with E-state index < -0.39 is 0 Å². The predicted octanol–water partition coefficient (Wildman–Crippen LogP) is 4.49. The third-order valence-electron chi connectivity index (χ3n) is 4.84. The smallest absolute Gasteiger partial charge is 0.338 e. The highest BCUT2D eigenvalue weighted by atomic mass is 79.9. The minimum Gasteiger partial charge on any atom is -0.465 e. The molecule has 0 spiro atoms. The Bertz CT molecular complexity index is 840. The van der Waals surface area contributed by atoms with Gasteiger partial charge in [0.25, 0.3) is 0 Å². The van der Waals surface area contributed by atoms with Crippen LogP contribution in [0.2, 0.25) is 0 Å². The molecular weight excluding hydrogens is 396 g/mol. The summed E-state index contributed by atoms with van der Waals surface area (Å²) in [5.41, 5.74) is 4.92. The fraction of sp³-hybridized carbons (Fsp3) is 0.333. The maximum atomic E-state index is 12.6. The van der Waals surface area contributed by atoms with Crippen molar-refractivity contribution < 1.29 is 19.1 Å². The van der Waals surface area contributed by atoms with E-state index in [0.29, 0.717) is 17.5 Å². The van der Waals surface area contributed by atoms with Crippen LogP contribution in [-0.4, -0.2) is 26.2 Å². The van der Waals surface area contributed by atoms with Crippen LogP contribution < -0.4 is 0 Å². The van der Waals surface area contributed by atoms with Gasteiger partial charge in [-0.3, -0.25) is 0 Å². The minimum absolute atomic E-state index is 0.341. The van der Waals surface area contributed by atoms with Gasteiger partial charge in [-0.2, -0.15) is 0 Å². The number of halogens is 1. The molecule has 0 radical (unpaired) electrons. The van der Waals surface area contributed by atoms with Crippen molar-refractivity contribution in [2.24, 2.45) is 0 Å². The van der Waals surface area contributed by atoms with Crippen LogP contribution in [0, 0.1) is 0 Å². The lowest BCUT2D eigenvalue weighted by molar-refractivity contribution is 0.0583. The summed E-state index contributed by atoms with van der Waals surface area (Å²) in [4.78, 5) is 24.9. The second-order valence-electron chi connectivity index (χ2n) is 6.41. The first-order valence-corrected chi connectivity index (χ1v) is 9.43. The first-order valence-electron chi connectivity index (χ1n) is 8.63. The number of carbonyl (C=O) groups is 2. The van der Waals surface area contributed by atoms with Gasteiger partial charge in [-0.05, 0) is 72.6 Å². The molecule has 1 aliphatic rings. The summed E-state index contributed by atoms with van der Waals surface area (Å²) in [6, 6.07) is 9.74. The van der Waals surface area contributed by atoms with Crippen LogP contribution in [-0.2, 0) is 28.7 Å². The molecule has 3 rings (SSSR count). The lowest BCUT2D eigenvalue weighted by Gasteiger charge is -2.24. The van der Waals surface area contributed by atoms with Crippen molar-refractivity contribution in [3.63, 3.8) is 0 Å². The number of methoxy groups -OCH3 is 2. The maximum Gasteiger partial charge on any atom is 0.338 e. The number of esters is 2. The van der Waals surface area contributed by atoms with Crippen LogP contribution >= 0.6 is 15.9 Å². The Labute approximate surface area is 161 Å². The number of ether oxygens (including phenoxy) is 2. The highest BCUT2D eigenvalue weighted by molar-refractivity contribution is 9.10. The first kappa shape index (κ1) is 18.6. The zero-order valence-electron chi connectivity index (χ0n) is 14.9. The molecular formula is C21H21BrO4. The van der Waals surface area contributed by atoms with Crippen molar-refractivity contribution in [3.05, 3.63) is 68.2 Å². The van der Waals surface area contributed by atoms with Crippen molar-refractivity contribution >= 4 is 27.9 Å². The largest absolute Gasteiger partial charge is 0.465 e. The predicted molar refractivity (Wildman–Crippen MR) is 103 cm³/mol. The summed E-state index contributed by atoms with van der Waals surface area (Å²) in [7, 11) is 2.79. The molecule has 5 heteroatoms. The lowest BCUT2D eigenvalue weighted by Crippen LogP contribution is -2.19. The Hall–Kier alpha value is -2.14. The van der Waals surface area contributed by atoms with Gasteiger partial charge in [0.05, 0.1) is 25.3 Å². The standard InChI is InChI=1S/C21H21BrO4/c1-25-20(23)18-12-14(11-13-7-9-15(22)10-8-13)19(21(24)26-2)17-6-4-3-5-16(17)18/h7-10,12H,3-6,11H2,1-2H3. The van der Waals surface area contributed by atoms with Crippen LogP contribution in [0.3, 0.4) is 0 Å². The van der Waals surface area contributed by atoms with Gasteiger partial charge in [0.2, 0.25) is 0 Å². The Morgan fingerprint density at radius 2 is 1.58 bits per heavy atom. The van der Waals surface area contributed by atoms with Crippen LogP contribution in [0.15, 0.2) is 34.8 Å². The lowest BCUT2D eigenvalue weighted by atomic mass is 9.81. The van der Waals surface area contributed by atoms with E-state index in [1.165, 1.54) is 14.2 Å². The normalized spacial score (nSPS) is 13.0. The van der Waals surface area contributed by atoms with Crippen LogP contribution in [0.4, 0.5) is 0 Å². The van der Waals surface area contributed by atoms with E-state index in [1.54, 1.807) is 0 Å². The van der Waals surface area contributed by atoms with Gasteiger partial charge in [0, 0.05) is 4.47 Å². The molecule has 0 bridgehead atoms. The van der Waals surface area contributed by atoms with Crippen LogP contribution in [0.25, 0.3) is 0 Å². The zero-order chi connectivity index (χ0) is 18.7. The second kappa shape index (κ2) is 8.04. The molecule has 0 heterocycles. The van der Waals surface area contributed by atoms with Crippen molar-refractivity contribution in [2.75, 3.05) is 14.2 Å². The van der Waals surface area contributed by atoms with Gasteiger partial charge in [0.1, 0.15) is 0 Å². The molecule has 26 heavy (non-hydrogen) atoms. The van der Waals surface area contributed by atoms with E-state index in [4.69, 9.17) is 9.47 Å². The third kappa shape index (κ3) is 3.68. The Kier molecular flexibility index (Phi) is 5.77. The van der Waals surface area contributed by atoms with E-state index in [-0.39, 0.29) is 11.9 Å². The summed E-state index contributed by atoms with van der Waals surface area (Å²) in [6.07, 6.45) is 4.11. The van der Waals surface area contributed by atoms with Gasteiger partial charge < -0.3 is 9.47 Å². The molecule has 4 nitrogen and oxygen atoms in total. The summed E-state index contributed by atoms with van der Waals surface area (Å²) in [6.45, 7) is 0. The Morgan fingerprint density at radius 3 is 2.19 bits per heavy atom. The van der Waals surface area contributed by atoms with Crippen molar-refractivity contribution in [3.8, 4) is 0 Å². The zero-order valence-corrected chi connectivity index (χ0v) is 16.5. The number of rotatable bonds is 4. The molecule has 0 atom stereocenters.